The number of ether oxygens (including phenoxy) is 3. The number of epoxide rings is 2. The fourth-order valence-corrected chi connectivity index (χ4v) is 6.24. The minimum atomic E-state index is -0.0726. The molecule has 4 aliphatic rings. The first kappa shape index (κ1) is 20.5. The van der Waals surface area contributed by atoms with Crippen molar-refractivity contribution >= 4 is 0 Å². The fraction of sp³-hybridized carbons (Fsp3) is 0.226. The quantitative estimate of drug-likeness (QED) is 0.310. The van der Waals surface area contributed by atoms with Crippen molar-refractivity contribution in [3.05, 3.63) is 95.1 Å². The van der Waals surface area contributed by atoms with Gasteiger partial charge in [0, 0.05) is 0 Å². The van der Waals surface area contributed by atoms with Crippen LogP contribution >= 0.6 is 0 Å². The normalized spacial score (nSPS) is 24.8. The van der Waals surface area contributed by atoms with E-state index in [1.807, 2.05) is 24.3 Å². The summed E-state index contributed by atoms with van der Waals surface area (Å²) in [6, 6.07) is 23.5. The molecule has 2 fully saturated rings. The maximum absolute atomic E-state index is 10.1. The van der Waals surface area contributed by atoms with Crippen LogP contribution in [0.5, 0.6) is 11.5 Å². The number of hydrogen-bond acceptors (Lipinski definition) is 5. The average Bonchev–Trinajstić information content (AvgIpc) is 3.80. The molecule has 178 valence electrons. The van der Waals surface area contributed by atoms with Crippen molar-refractivity contribution in [1.29, 1.82) is 0 Å². The van der Waals surface area contributed by atoms with Crippen LogP contribution in [0.3, 0.4) is 0 Å². The van der Waals surface area contributed by atoms with Gasteiger partial charge in [0.15, 0.2) is 0 Å². The molecule has 4 unspecified atom stereocenters. The van der Waals surface area contributed by atoms with E-state index in [1.165, 1.54) is 33.4 Å². The first-order chi connectivity index (χ1) is 17.7. The third-order valence-electron chi connectivity index (χ3n) is 7.95. The third kappa shape index (κ3) is 3.00. The van der Waals surface area contributed by atoms with Gasteiger partial charge in [-0.2, -0.15) is 0 Å². The van der Waals surface area contributed by atoms with Crippen LogP contribution in [-0.2, 0) is 20.6 Å². The largest absolute Gasteiger partial charge is 0.508 e. The van der Waals surface area contributed by atoms with Gasteiger partial charge >= 0.3 is 0 Å². The van der Waals surface area contributed by atoms with Crippen molar-refractivity contribution in [3.63, 3.8) is 0 Å². The molecule has 3 heterocycles. The molecule has 3 aliphatic heterocycles. The second-order valence-corrected chi connectivity index (χ2v) is 10.1. The summed E-state index contributed by atoms with van der Waals surface area (Å²) in [5.41, 5.74) is 11.8. The summed E-state index contributed by atoms with van der Waals surface area (Å²) in [7, 11) is 0. The molecule has 0 radical (unpaired) electrons. The Hall–Kier alpha value is -3.64. The van der Waals surface area contributed by atoms with Gasteiger partial charge in [0.05, 0.1) is 13.2 Å². The number of phenols is 2. The smallest absolute Gasteiger partial charge is 0.115 e. The highest BCUT2D eigenvalue weighted by Crippen LogP contribution is 2.60. The van der Waals surface area contributed by atoms with Crippen LogP contribution in [-0.4, -0.2) is 35.6 Å². The lowest BCUT2D eigenvalue weighted by molar-refractivity contribution is 0.102. The summed E-state index contributed by atoms with van der Waals surface area (Å²) in [5.74, 6) is 0.470. The number of hydrogen-bond donors (Lipinski definition) is 2. The van der Waals surface area contributed by atoms with Gasteiger partial charge in [-0.15, -0.1) is 0 Å². The SMILES string of the molecule is Oc1ccc(-c2c3c(c4c(c2-c2ccc(O)cc2)C2OC2COCC2OC42)Cc2ccccc2-3)cc1. The average molecular weight is 477 g/mol. The zero-order valence-corrected chi connectivity index (χ0v) is 19.5. The summed E-state index contributed by atoms with van der Waals surface area (Å²) in [4.78, 5) is 0. The van der Waals surface area contributed by atoms with Crippen LogP contribution < -0.4 is 0 Å². The van der Waals surface area contributed by atoms with Crippen LogP contribution in [0.4, 0.5) is 0 Å². The number of aromatic hydroxyl groups is 2. The molecule has 4 atom stereocenters. The Balaban J connectivity index is 1.53. The van der Waals surface area contributed by atoms with Crippen molar-refractivity contribution < 1.29 is 24.4 Å². The fourth-order valence-electron chi connectivity index (χ4n) is 6.24. The number of fused-ring (bicyclic) bond motifs is 9. The van der Waals surface area contributed by atoms with Crippen molar-refractivity contribution in [3.8, 4) is 44.9 Å². The Kier molecular flexibility index (Phi) is 4.24. The van der Waals surface area contributed by atoms with E-state index in [0.29, 0.717) is 13.2 Å². The second kappa shape index (κ2) is 7.43. The van der Waals surface area contributed by atoms with Gasteiger partial charge in [0.2, 0.25) is 0 Å². The summed E-state index contributed by atoms with van der Waals surface area (Å²) >= 11 is 0. The molecule has 5 nitrogen and oxygen atoms in total. The summed E-state index contributed by atoms with van der Waals surface area (Å²) < 4.78 is 18.4. The Bertz CT molecular complexity index is 1520. The zero-order valence-electron chi connectivity index (χ0n) is 19.5. The molecule has 0 saturated carbocycles. The molecule has 0 spiro atoms. The van der Waals surface area contributed by atoms with Gasteiger partial charge in [-0.1, -0.05) is 48.5 Å². The van der Waals surface area contributed by atoms with E-state index < -0.39 is 0 Å². The van der Waals surface area contributed by atoms with Crippen LogP contribution in [0.15, 0.2) is 72.8 Å². The van der Waals surface area contributed by atoms with E-state index in [9.17, 15) is 10.2 Å². The first-order valence-corrected chi connectivity index (χ1v) is 12.5. The van der Waals surface area contributed by atoms with Crippen LogP contribution in [0.2, 0.25) is 0 Å². The standard InChI is InChI=1S/C31H24O5/c32-19-9-5-16(6-10-19)25-26(17-7-11-20(33)12-8-17)29-28(22-13-18-3-1-2-4-21(18)27(22)25)30-23(35-30)14-34-15-24-31(29)36-24/h1-12,23-24,30-33H,13-15H2. The van der Waals surface area contributed by atoms with Crippen molar-refractivity contribution in [2.75, 3.05) is 13.2 Å². The van der Waals surface area contributed by atoms with Crippen LogP contribution in [0.25, 0.3) is 33.4 Å². The van der Waals surface area contributed by atoms with E-state index >= 15 is 0 Å². The Morgan fingerprint density at radius 3 is 1.86 bits per heavy atom. The van der Waals surface area contributed by atoms with E-state index in [2.05, 4.69) is 24.3 Å². The molecule has 36 heavy (non-hydrogen) atoms. The van der Waals surface area contributed by atoms with Crippen molar-refractivity contribution in [2.45, 2.75) is 30.8 Å². The minimum absolute atomic E-state index is 0.0178. The summed E-state index contributed by atoms with van der Waals surface area (Å²) in [6.45, 7) is 1.13. The third-order valence-corrected chi connectivity index (χ3v) is 7.95. The highest BCUT2D eigenvalue weighted by atomic mass is 16.6. The highest BCUT2D eigenvalue weighted by molar-refractivity contribution is 6.01. The lowest BCUT2D eigenvalue weighted by Gasteiger charge is -2.24. The van der Waals surface area contributed by atoms with Crippen LogP contribution in [0, 0.1) is 0 Å². The van der Waals surface area contributed by atoms with Gasteiger partial charge in [0.1, 0.15) is 35.9 Å². The molecule has 1 aliphatic carbocycles. The zero-order chi connectivity index (χ0) is 24.0. The number of rotatable bonds is 2. The summed E-state index contributed by atoms with van der Waals surface area (Å²) in [6.07, 6.45) is 0.833. The lowest BCUT2D eigenvalue weighted by atomic mass is 9.78. The molecule has 5 heteroatoms. The molecule has 0 amide bonds. The molecule has 0 aromatic heterocycles. The first-order valence-electron chi connectivity index (χ1n) is 12.5. The van der Waals surface area contributed by atoms with Gasteiger partial charge in [-0.05, 0) is 86.3 Å². The van der Waals surface area contributed by atoms with Gasteiger partial charge in [-0.3, -0.25) is 0 Å². The van der Waals surface area contributed by atoms with E-state index in [-0.39, 0.29) is 35.9 Å². The maximum atomic E-state index is 10.1. The minimum Gasteiger partial charge on any atom is -0.508 e. The maximum Gasteiger partial charge on any atom is 0.115 e. The molecule has 8 rings (SSSR count). The predicted molar refractivity (Wildman–Crippen MR) is 135 cm³/mol. The van der Waals surface area contributed by atoms with E-state index in [1.54, 1.807) is 24.3 Å². The number of phenolic OH excluding ortho intramolecular Hbond substituents is 2. The lowest BCUT2D eigenvalue weighted by Crippen LogP contribution is -2.07. The Morgan fingerprint density at radius 2 is 1.19 bits per heavy atom. The highest BCUT2D eigenvalue weighted by Gasteiger charge is 2.53. The van der Waals surface area contributed by atoms with Gasteiger partial charge in [0.25, 0.3) is 0 Å². The van der Waals surface area contributed by atoms with Gasteiger partial charge in [-0.25, -0.2) is 0 Å². The van der Waals surface area contributed by atoms with E-state index in [0.717, 1.165) is 28.7 Å². The monoisotopic (exact) mass is 476 g/mol. The molecule has 4 aromatic carbocycles. The second-order valence-electron chi connectivity index (χ2n) is 10.1. The van der Waals surface area contributed by atoms with E-state index in [4.69, 9.17) is 14.2 Å². The molecule has 2 saturated heterocycles. The van der Waals surface area contributed by atoms with Gasteiger partial charge < -0.3 is 24.4 Å². The number of benzene rings is 4. The van der Waals surface area contributed by atoms with Crippen molar-refractivity contribution in [1.82, 2.24) is 0 Å². The molecule has 2 N–H and O–H groups in total. The molecular formula is C31H24O5. The molecule has 4 aromatic rings. The van der Waals surface area contributed by atoms with Crippen LogP contribution in [0.1, 0.15) is 34.5 Å². The Labute approximate surface area is 208 Å². The van der Waals surface area contributed by atoms with Crippen molar-refractivity contribution in [2.24, 2.45) is 0 Å². The predicted octanol–water partition coefficient (Wildman–Crippen LogP) is 5.91. The topological polar surface area (TPSA) is 74.8 Å². The molecule has 0 bridgehead atoms. The Morgan fingerprint density at radius 1 is 0.611 bits per heavy atom. The summed E-state index contributed by atoms with van der Waals surface area (Å²) in [5, 5.41) is 20.2. The molecular weight excluding hydrogens is 452 g/mol.